The monoisotopic (exact) mass is 295 g/mol. The van der Waals surface area contributed by atoms with Crippen molar-refractivity contribution >= 4 is 11.6 Å². The number of pyridine rings is 1. The number of halogens is 1. The molecule has 3 heteroatoms. The first-order valence-electron chi connectivity index (χ1n) is 6.70. The molecule has 3 aromatic rings. The summed E-state index contributed by atoms with van der Waals surface area (Å²) in [6.45, 7) is 0.464. The van der Waals surface area contributed by atoms with Gasteiger partial charge in [-0.15, -0.1) is 0 Å². The first kappa shape index (κ1) is 13.7. The topological polar surface area (TPSA) is 22.1 Å². The number of ether oxygens (including phenoxy) is 1. The van der Waals surface area contributed by atoms with Gasteiger partial charge < -0.3 is 4.74 Å². The predicted octanol–water partition coefficient (Wildman–Crippen LogP) is 4.98. The highest BCUT2D eigenvalue weighted by atomic mass is 35.5. The lowest BCUT2D eigenvalue weighted by molar-refractivity contribution is 0.307. The highest BCUT2D eigenvalue weighted by Crippen LogP contribution is 2.30. The third-order valence-corrected chi connectivity index (χ3v) is 3.36. The summed E-state index contributed by atoms with van der Waals surface area (Å²) in [5.74, 6) is 0.858. The van der Waals surface area contributed by atoms with Gasteiger partial charge in [0.15, 0.2) is 0 Å². The number of rotatable bonds is 4. The van der Waals surface area contributed by atoms with Crippen molar-refractivity contribution in [3.63, 3.8) is 0 Å². The maximum atomic E-state index is 5.95. The van der Waals surface area contributed by atoms with Crippen LogP contribution in [0.2, 0.25) is 5.15 Å². The Morgan fingerprint density at radius 3 is 2.48 bits per heavy atom. The zero-order chi connectivity index (χ0) is 14.5. The van der Waals surface area contributed by atoms with Crippen molar-refractivity contribution in [1.82, 2.24) is 4.98 Å². The third kappa shape index (κ3) is 3.41. The average molecular weight is 296 g/mol. The summed E-state index contributed by atoms with van der Waals surface area (Å²) < 4.78 is 5.95. The molecule has 0 atom stereocenters. The second-order valence-corrected chi connectivity index (χ2v) is 5.02. The molecule has 21 heavy (non-hydrogen) atoms. The van der Waals surface area contributed by atoms with Gasteiger partial charge in [-0.25, -0.2) is 4.98 Å². The summed E-state index contributed by atoms with van der Waals surface area (Å²) in [4.78, 5) is 3.97. The van der Waals surface area contributed by atoms with E-state index in [4.69, 9.17) is 16.3 Å². The molecule has 0 aliphatic rings. The molecule has 1 heterocycles. The Kier molecular flexibility index (Phi) is 4.17. The van der Waals surface area contributed by atoms with Crippen molar-refractivity contribution in [2.45, 2.75) is 6.61 Å². The molecule has 0 bridgehead atoms. The molecular weight excluding hydrogens is 282 g/mol. The molecule has 0 N–H and O–H groups in total. The first-order valence-corrected chi connectivity index (χ1v) is 7.08. The highest BCUT2D eigenvalue weighted by Gasteiger charge is 2.05. The lowest BCUT2D eigenvalue weighted by atomic mass is 10.1. The minimum atomic E-state index is 0.464. The van der Waals surface area contributed by atoms with Crippen molar-refractivity contribution in [3.05, 3.63) is 83.6 Å². The molecule has 0 amide bonds. The summed E-state index contributed by atoms with van der Waals surface area (Å²) in [5, 5.41) is 0.479. The molecule has 0 aliphatic carbocycles. The van der Waals surface area contributed by atoms with E-state index in [-0.39, 0.29) is 0 Å². The number of nitrogens with zero attached hydrogens (tertiary/aromatic N) is 1. The molecule has 2 nitrogen and oxygen atoms in total. The molecule has 0 fully saturated rings. The Balaban J connectivity index is 1.83. The van der Waals surface area contributed by atoms with E-state index in [1.807, 2.05) is 48.5 Å². The summed E-state index contributed by atoms with van der Waals surface area (Å²) in [5.41, 5.74) is 3.22. The smallest absolute Gasteiger partial charge is 0.129 e. The molecule has 0 spiro atoms. The maximum Gasteiger partial charge on any atom is 0.129 e. The second kappa shape index (κ2) is 6.42. The molecule has 0 saturated carbocycles. The van der Waals surface area contributed by atoms with Crippen molar-refractivity contribution in [3.8, 4) is 16.9 Å². The van der Waals surface area contributed by atoms with Crippen molar-refractivity contribution in [2.75, 3.05) is 0 Å². The quantitative estimate of drug-likeness (QED) is 0.633. The van der Waals surface area contributed by atoms with Gasteiger partial charge in [-0.1, -0.05) is 60.1 Å². The summed E-state index contributed by atoms with van der Waals surface area (Å²) in [6.07, 6.45) is 1.68. The van der Waals surface area contributed by atoms with Crippen LogP contribution in [0.4, 0.5) is 0 Å². The van der Waals surface area contributed by atoms with E-state index in [9.17, 15) is 0 Å². The molecule has 3 rings (SSSR count). The predicted molar refractivity (Wildman–Crippen MR) is 85.5 cm³/mol. The maximum absolute atomic E-state index is 5.95. The van der Waals surface area contributed by atoms with Crippen LogP contribution in [0.25, 0.3) is 11.1 Å². The summed E-state index contributed by atoms with van der Waals surface area (Å²) in [6, 6.07) is 21.9. The normalized spacial score (nSPS) is 10.3. The second-order valence-electron chi connectivity index (χ2n) is 4.64. The molecular formula is C18H14ClNO. The van der Waals surface area contributed by atoms with Crippen LogP contribution in [0.15, 0.2) is 72.9 Å². The average Bonchev–Trinajstić information content (AvgIpc) is 2.54. The Labute approximate surface area is 129 Å². The van der Waals surface area contributed by atoms with E-state index < -0.39 is 0 Å². The SMILES string of the molecule is Clc1cc(COc2ccccc2-c2ccccc2)ccn1. The Bertz CT molecular complexity index is 728. The van der Waals surface area contributed by atoms with Gasteiger partial charge in [-0.2, -0.15) is 0 Å². The van der Waals surface area contributed by atoms with E-state index in [1.165, 1.54) is 0 Å². The zero-order valence-corrected chi connectivity index (χ0v) is 12.1. The molecule has 2 aromatic carbocycles. The van der Waals surface area contributed by atoms with E-state index in [1.54, 1.807) is 6.20 Å². The zero-order valence-electron chi connectivity index (χ0n) is 11.4. The van der Waals surface area contributed by atoms with E-state index >= 15 is 0 Å². The van der Waals surface area contributed by atoms with Crippen molar-refractivity contribution in [1.29, 1.82) is 0 Å². The molecule has 0 aliphatic heterocycles. The van der Waals surface area contributed by atoms with Gasteiger partial charge in [0.25, 0.3) is 0 Å². The van der Waals surface area contributed by atoms with Crippen LogP contribution in [0, 0.1) is 0 Å². The minimum absolute atomic E-state index is 0.464. The highest BCUT2D eigenvalue weighted by molar-refractivity contribution is 6.29. The molecule has 0 saturated heterocycles. The van der Waals surface area contributed by atoms with Gasteiger partial charge in [0.2, 0.25) is 0 Å². The lowest BCUT2D eigenvalue weighted by Gasteiger charge is -2.11. The fourth-order valence-corrected chi connectivity index (χ4v) is 2.34. The number of aromatic nitrogens is 1. The van der Waals surface area contributed by atoms with E-state index in [0.29, 0.717) is 11.8 Å². The van der Waals surface area contributed by atoms with Gasteiger partial charge in [-0.3, -0.25) is 0 Å². The standard InChI is InChI=1S/C18H14ClNO/c19-18-12-14(10-11-20-18)13-21-17-9-5-4-8-16(17)15-6-2-1-3-7-15/h1-12H,13H2. The van der Waals surface area contributed by atoms with E-state index in [2.05, 4.69) is 23.2 Å². The van der Waals surface area contributed by atoms with Gasteiger partial charge in [0.1, 0.15) is 17.5 Å². The van der Waals surface area contributed by atoms with Crippen LogP contribution < -0.4 is 4.74 Å². The Hall–Kier alpha value is -2.32. The summed E-state index contributed by atoms with van der Waals surface area (Å²) >= 11 is 5.89. The fourth-order valence-electron chi connectivity index (χ4n) is 2.14. The minimum Gasteiger partial charge on any atom is -0.488 e. The van der Waals surface area contributed by atoms with Crippen LogP contribution >= 0.6 is 11.6 Å². The molecule has 1 aromatic heterocycles. The number of para-hydroxylation sites is 1. The summed E-state index contributed by atoms with van der Waals surface area (Å²) in [7, 11) is 0. The first-order chi connectivity index (χ1) is 10.3. The van der Waals surface area contributed by atoms with Crippen molar-refractivity contribution < 1.29 is 4.74 Å². The van der Waals surface area contributed by atoms with E-state index in [0.717, 1.165) is 22.4 Å². The Morgan fingerprint density at radius 2 is 1.67 bits per heavy atom. The Morgan fingerprint density at radius 1 is 0.905 bits per heavy atom. The molecule has 0 unspecified atom stereocenters. The van der Waals surface area contributed by atoms with Crippen LogP contribution in [0.3, 0.4) is 0 Å². The van der Waals surface area contributed by atoms with Gasteiger partial charge in [0.05, 0.1) is 0 Å². The number of hydrogen-bond acceptors (Lipinski definition) is 2. The fraction of sp³-hybridized carbons (Fsp3) is 0.0556. The number of hydrogen-bond donors (Lipinski definition) is 0. The number of benzene rings is 2. The van der Waals surface area contributed by atoms with Crippen molar-refractivity contribution in [2.24, 2.45) is 0 Å². The van der Waals surface area contributed by atoms with Gasteiger partial charge in [-0.05, 0) is 29.3 Å². The molecule has 104 valence electrons. The third-order valence-electron chi connectivity index (χ3n) is 3.16. The lowest BCUT2D eigenvalue weighted by Crippen LogP contribution is -1.97. The molecule has 0 radical (unpaired) electrons. The van der Waals surface area contributed by atoms with Gasteiger partial charge in [0, 0.05) is 11.8 Å². The largest absolute Gasteiger partial charge is 0.488 e. The van der Waals surface area contributed by atoms with Crippen LogP contribution in [-0.2, 0) is 6.61 Å². The van der Waals surface area contributed by atoms with Crippen LogP contribution in [0.1, 0.15) is 5.56 Å². The van der Waals surface area contributed by atoms with Gasteiger partial charge >= 0.3 is 0 Å². The van der Waals surface area contributed by atoms with Crippen LogP contribution in [-0.4, -0.2) is 4.98 Å². The van der Waals surface area contributed by atoms with Crippen LogP contribution in [0.5, 0.6) is 5.75 Å².